The SMILES string of the molecule is Cc1ccc(NS(=O)(=O)c2ccc(NC(=O)CN(c3ccccc3)S(C)(=O)=O)cc2)cc1C. The quantitative estimate of drug-likeness (QED) is 0.505. The van der Waals surface area contributed by atoms with E-state index in [1.807, 2.05) is 19.9 Å². The highest BCUT2D eigenvalue weighted by Gasteiger charge is 2.21. The molecule has 1 amide bonds. The summed E-state index contributed by atoms with van der Waals surface area (Å²) in [5, 5.41) is 2.60. The molecule has 2 N–H and O–H groups in total. The highest BCUT2D eigenvalue weighted by Crippen LogP contribution is 2.21. The third kappa shape index (κ3) is 6.33. The van der Waals surface area contributed by atoms with Crippen LogP contribution in [-0.2, 0) is 24.8 Å². The minimum Gasteiger partial charge on any atom is -0.325 e. The van der Waals surface area contributed by atoms with E-state index in [-0.39, 0.29) is 4.90 Å². The molecule has 0 heterocycles. The largest absolute Gasteiger partial charge is 0.325 e. The van der Waals surface area contributed by atoms with E-state index in [2.05, 4.69) is 10.0 Å². The van der Waals surface area contributed by atoms with Gasteiger partial charge in [0.25, 0.3) is 10.0 Å². The second kappa shape index (κ2) is 9.63. The Bertz CT molecular complexity index is 1350. The number of para-hydroxylation sites is 1. The second-order valence-electron chi connectivity index (χ2n) is 7.58. The Balaban J connectivity index is 1.70. The zero-order valence-electron chi connectivity index (χ0n) is 18.4. The third-order valence-electron chi connectivity index (χ3n) is 4.94. The predicted molar refractivity (Wildman–Crippen MR) is 130 cm³/mol. The standard InChI is InChI=1S/C23H25N3O5S2/c1-17-9-10-20(15-18(17)2)25-33(30,31)22-13-11-19(12-14-22)24-23(27)16-26(32(3,28)29)21-7-5-4-6-8-21/h4-15,25H,16H2,1-3H3,(H,24,27). The first-order valence-corrected chi connectivity index (χ1v) is 13.3. The van der Waals surface area contributed by atoms with Crippen molar-refractivity contribution >= 4 is 43.0 Å². The van der Waals surface area contributed by atoms with Crippen LogP contribution in [-0.4, -0.2) is 35.5 Å². The van der Waals surface area contributed by atoms with Crippen molar-refractivity contribution < 1.29 is 21.6 Å². The van der Waals surface area contributed by atoms with Crippen molar-refractivity contribution in [2.45, 2.75) is 18.7 Å². The number of hydrogen-bond donors (Lipinski definition) is 2. The Morgan fingerprint density at radius 1 is 0.818 bits per heavy atom. The number of benzene rings is 3. The van der Waals surface area contributed by atoms with Gasteiger partial charge in [-0.2, -0.15) is 0 Å². The van der Waals surface area contributed by atoms with Gasteiger partial charge in [0.05, 0.1) is 16.8 Å². The average Bonchev–Trinajstić information content (AvgIpc) is 2.75. The molecule has 0 aliphatic heterocycles. The van der Waals surface area contributed by atoms with Crippen LogP contribution in [0.15, 0.2) is 77.7 Å². The van der Waals surface area contributed by atoms with Gasteiger partial charge in [-0.1, -0.05) is 24.3 Å². The number of aryl methyl sites for hydroxylation is 2. The number of hydrogen-bond acceptors (Lipinski definition) is 5. The Labute approximate surface area is 194 Å². The Hall–Kier alpha value is -3.37. The third-order valence-corrected chi connectivity index (χ3v) is 7.48. The van der Waals surface area contributed by atoms with Crippen LogP contribution in [0.4, 0.5) is 17.1 Å². The lowest BCUT2D eigenvalue weighted by Gasteiger charge is -2.21. The average molecular weight is 488 g/mol. The zero-order chi connectivity index (χ0) is 24.2. The molecule has 3 rings (SSSR count). The Morgan fingerprint density at radius 2 is 1.42 bits per heavy atom. The van der Waals surface area contributed by atoms with E-state index in [1.54, 1.807) is 42.5 Å². The van der Waals surface area contributed by atoms with Gasteiger partial charge < -0.3 is 5.32 Å². The number of nitrogens with zero attached hydrogens (tertiary/aromatic N) is 1. The zero-order valence-corrected chi connectivity index (χ0v) is 20.1. The molecule has 0 radical (unpaired) electrons. The summed E-state index contributed by atoms with van der Waals surface area (Å²) >= 11 is 0. The van der Waals surface area contributed by atoms with Crippen LogP contribution in [0.2, 0.25) is 0 Å². The molecule has 0 unspecified atom stereocenters. The molecule has 0 saturated carbocycles. The minimum atomic E-state index is -3.81. The van der Waals surface area contributed by atoms with E-state index >= 15 is 0 Å². The first-order valence-electron chi connectivity index (χ1n) is 9.98. The van der Waals surface area contributed by atoms with E-state index in [1.165, 1.54) is 24.3 Å². The normalized spacial score (nSPS) is 11.6. The Morgan fingerprint density at radius 3 is 2.00 bits per heavy atom. The van der Waals surface area contributed by atoms with Crippen molar-refractivity contribution in [3.63, 3.8) is 0 Å². The van der Waals surface area contributed by atoms with E-state index in [9.17, 15) is 21.6 Å². The van der Waals surface area contributed by atoms with Crippen molar-refractivity contribution in [2.75, 3.05) is 27.1 Å². The molecular weight excluding hydrogens is 462 g/mol. The maximum Gasteiger partial charge on any atom is 0.261 e. The van der Waals surface area contributed by atoms with Crippen LogP contribution >= 0.6 is 0 Å². The summed E-state index contributed by atoms with van der Waals surface area (Å²) in [6.07, 6.45) is 1.02. The van der Waals surface area contributed by atoms with Crippen molar-refractivity contribution in [2.24, 2.45) is 0 Å². The first-order chi connectivity index (χ1) is 15.5. The van der Waals surface area contributed by atoms with Gasteiger partial charge in [-0.3, -0.25) is 13.8 Å². The topological polar surface area (TPSA) is 113 Å². The van der Waals surface area contributed by atoms with Crippen LogP contribution in [0.5, 0.6) is 0 Å². The lowest BCUT2D eigenvalue weighted by Crippen LogP contribution is -2.37. The van der Waals surface area contributed by atoms with Gasteiger partial charge >= 0.3 is 0 Å². The maximum absolute atomic E-state index is 12.7. The van der Waals surface area contributed by atoms with Crippen LogP contribution < -0.4 is 14.3 Å². The molecule has 0 saturated heterocycles. The van der Waals surface area contributed by atoms with Gasteiger partial charge in [0, 0.05) is 11.4 Å². The summed E-state index contributed by atoms with van der Waals surface area (Å²) in [5.74, 6) is -0.562. The molecule has 0 aromatic heterocycles. The van der Waals surface area contributed by atoms with E-state index in [0.29, 0.717) is 17.1 Å². The van der Waals surface area contributed by atoms with E-state index in [0.717, 1.165) is 21.7 Å². The number of nitrogens with one attached hydrogen (secondary N) is 2. The molecule has 0 aliphatic carbocycles. The lowest BCUT2D eigenvalue weighted by molar-refractivity contribution is -0.114. The van der Waals surface area contributed by atoms with Gasteiger partial charge in [-0.15, -0.1) is 0 Å². The van der Waals surface area contributed by atoms with Crippen LogP contribution in [0.25, 0.3) is 0 Å². The summed E-state index contributed by atoms with van der Waals surface area (Å²) in [6.45, 7) is 3.42. The van der Waals surface area contributed by atoms with Crippen molar-refractivity contribution in [3.05, 3.63) is 83.9 Å². The van der Waals surface area contributed by atoms with Crippen LogP contribution in [0, 0.1) is 13.8 Å². The number of rotatable bonds is 8. The fourth-order valence-electron chi connectivity index (χ4n) is 3.06. The van der Waals surface area contributed by atoms with E-state index in [4.69, 9.17) is 0 Å². The predicted octanol–water partition coefficient (Wildman–Crippen LogP) is 3.51. The first kappa shape index (κ1) is 24.3. The number of carbonyl (C=O) groups is 1. The molecule has 0 spiro atoms. The molecule has 3 aromatic carbocycles. The number of amides is 1. The summed E-state index contributed by atoms with van der Waals surface area (Å²) in [4.78, 5) is 12.5. The van der Waals surface area contributed by atoms with Gasteiger partial charge in [-0.05, 0) is 73.5 Å². The fourth-order valence-corrected chi connectivity index (χ4v) is 4.97. The Kier molecular flexibility index (Phi) is 7.09. The highest BCUT2D eigenvalue weighted by atomic mass is 32.2. The molecule has 3 aromatic rings. The van der Waals surface area contributed by atoms with E-state index < -0.39 is 32.5 Å². The maximum atomic E-state index is 12.7. The molecule has 174 valence electrons. The lowest BCUT2D eigenvalue weighted by atomic mass is 10.1. The highest BCUT2D eigenvalue weighted by molar-refractivity contribution is 7.92. The summed E-state index contributed by atoms with van der Waals surface area (Å²) < 4.78 is 53.1. The summed E-state index contributed by atoms with van der Waals surface area (Å²) in [5.41, 5.74) is 3.18. The van der Waals surface area contributed by atoms with Crippen molar-refractivity contribution in [1.82, 2.24) is 0 Å². The van der Waals surface area contributed by atoms with Gasteiger partial charge in [-0.25, -0.2) is 16.8 Å². The molecule has 0 fully saturated rings. The van der Waals surface area contributed by atoms with Crippen LogP contribution in [0.1, 0.15) is 11.1 Å². The minimum absolute atomic E-state index is 0.0285. The van der Waals surface area contributed by atoms with Gasteiger partial charge in [0.1, 0.15) is 6.54 Å². The number of anilines is 3. The monoisotopic (exact) mass is 487 g/mol. The summed E-state index contributed by atoms with van der Waals surface area (Å²) in [7, 11) is -7.49. The fraction of sp³-hybridized carbons (Fsp3) is 0.174. The van der Waals surface area contributed by atoms with Crippen molar-refractivity contribution in [3.8, 4) is 0 Å². The molecule has 8 nitrogen and oxygen atoms in total. The molecule has 0 atom stereocenters. The second-order valence-corrected chi connectivity index (χ2v) is 11.2. The van der Waals surface area contributed by atoms with Crippen molar-refractivity contribution in [1.29, 1.82) is 0 Å². The molecule has 10 heteroatoms. The molecule has 0 aliphatic rings. The number of sulfonamides is 2. The smallest absolute Gasteiger partial charge is 0.261 e. The van der Waals surface area contributed by atoms with Gasteiger partial charge in [0.15, 0.2) is 0 Å². The number of carbonyl (C=O) groups excluding carboxylic acids is 1. The molecular formula is C23H25N3O5S2. The van der Waals surface area contributed by atoms with Crippen LogP contribution in [0.3, 0.4) is 0 Å². The molecule has 0 bridgehead atoms. The molecule has 33 heavy (non-hydrogen) atoms. The summed E-state index contributed by atoms with van der Waals surface area (Å²) in [6, 6.07) is 19.2. The van der Waals surface area contributed by atoms with Gasteiger partial charge in [0.2, 0.25) is 15.9 Å².